The highest BCUT2D eigenvalue weighted by atomic mass is 35.5. The van der Waals surface area contributed by atoms with Gasteiger partial charge in [-0.15, -0.1) is 37.2 Å². The van der Waals surface area contributed by atoms with Crippen molar-refractivity contribution in [2.75, 3.05) is 57.8 Å². The lowest BCUT2D eigenvalue weighted by atomic mass is 10.1. The van der Waals surface area contributed by atoms with Crippen LogP contribution in [0.15, 0.2) is 30.3 Å². The summed E-state index contributed by atoms with van der Waals surface area (Å²) in [6.45, 7) is 9.83. The molecule has 27 heavy (non-hydrogen) atoms. The molecule has 2 aliphatic rings. The quantitative estimate of drug-likeness (QED) is 0.759. The van der Waals surface area contributed by atoms with Crippen molar-refractivity contribution in [3.63, 3.8) is 0 Å². The van der Waals surface area contributed by atoms with Crippen molar-refractivity contribution < 1.29 is 5.48 Å². The molecule has 2 fully saturated rings. The van der Waals surface area contributed by atoms with Crippen LogP contribution < -0.4 is 4.90 Å². The summed E-state index contributed by atoms with van der Waals surface area (Å²) >= 11 is 0. The Bertz CT molecular complexity index is 529. The molecule has 0 amide bonds. The van der Waals surface area contributed by atoms with Gasteiger partial charge in [0.05, 0.1) is 6.04 Å². The number of para-hydroxylation sites is 1. The minimum atomic E-state index is 0. The Balaban J connectivity index is 0. The fourth-order valence-electron chi connectivity index (χ4n) is 3.57. The molecule has 158 valence electrons. The van der Waals surface area contributed by atoms with Crippen LogP contribution in [-0.2, 0) is 0 Å². The monoisotopic (exact) mass is 441 g/mol. The van der Waals surface area contributed by atoms with Crippen molar-refractivity contribution in [1.29, 1.82) is 5.41 Å². The summed E-state index contributed by atoms with van der Waals surface area (Å²) in [5.74, 6) is 0.655. The number of halogens is 3. The predicted molar refractivity (Wildman–Crippen MR) is 122 cm³/mol. The first-order chi connectivity index (χ1) is 11.2. The van der Waals surface area contributed by atoms with Crippen molar-refractivity contribution in [3.05, 3.63) is 30.3 Å². The van der Waals surface area contributed by atoms with Gasteiger partial charge >= 0.3 is 0 Å². The molecule has 1 unspecified atom stereocenters. The summed E-state index contributed by atoms with van der Waals surface area (Å²) in [4.78, 5) is 9.37. The van der Waals surface area contributed by atoms with Crippen LogP contribution in [0.1, 0.15) is 13.3 Å². The maximum Gasteiger partial charge on any atom is 0.198 e. The van der Waals surface area contributed by atoms with Crippen LogP contribution in [0.2, 0.25) is 0 Å². The molecule has 0 bridgehead atoms. The molecule has 1 aromatic rings. The first-order valence-electron chi connectivity index (χ1n) is 8.77. The van der Waals surface area contributed by atoms with Crippen LogP contribution in [0.4, 0.5) is 5.69 Å². The SMILES string of the molecule is CCN1CC(CCN2CCN(C)CC2)N(c2ccccc2)C1=N.Cl.Cl.Cl.O. The van der Waals surface area contributed by atoms with E-state index in [1.165, 1.54) is 26.2 Å². The lowest BCUT2D eigenvalue weighted by Crippen LogP contribution is -2.46. The van der Waals surface area contributed by atoms with Gasteiger partial charge in [-0.2, -0.15) is 0 Å². The summed E-state index contributed by atoms with van der Waals surface area (Å²) in [6.07, 6.45) is 1.12. The van der Waals surface area contributed by atoms with E-state index in [0.29, 0.717) is 12.0 Å². The molecule has 0 spiro atoms. The van der Waals surface area contributed by atoms with E-state index < -0.39 is 0 Å². The van der Waals surface area contributed by atoms with Gasteiger partial charge in [0, 0.05) is 51.5 Å². The molecule has 6 nitrogen and oxygen atoms in total. The van der Waals surface area contributed by atoms with E-state index in [2.05, 4.69) is 57.8 Å². The fraction of sp³-hybridized carbons (Fsp3) is 0.611. The number of rotatable bonds is 5. The maximum absolute atomic E-state index is 8.51. The van der Waals surface area contributed by atoms with E-state index in [1.807, 2.05) is 6.07 Å². The summed E-state index contributed by atoms with van der Waals surface area (Å²) in [6, 6.07) is 10.8. The van der Waals surface area contributed by atoms with E-state index in [9.17, 15) is 0 Å². The van der Waals surface area contributed by atoms with Gasteiger partial charge in [-0.25, -0.2) is 0 Å². The molecule has 3 N–H and O–H groups in total. The van der Waals surface area contributed by atoms with Crippen LogP contribution in [0, 0.1) is 5.41 Å². The highest BCUT2D eigenvalue weighted by Crippen LogP contribution is 2.26. The molecule has 2 aliphatic heterocycles. The summed E-state index contributed by atoms with van der Waals surface area (Å²) < 4.78 is 0. The average molecular weight is 443 g/mol. The summed E-state index contributed by atoms with van der Waals surface area (Å²) in [7, 11) is 2.20. The predicted octanol–water partition coefficient (Wildman–Crippen LogP) is 2.21. The first kappa shape index (κ1) is 28.4. The molecule has 9 heteroatoms. The first-order valence-corrected chi connectivity index (χ1v) is 8.77. The van der Waals surface area contributed by atoms with Crippen molar-refractivity contribution in [3.8, 4) is 0 Å². The molecule has 2 saturated heterocycles. The van der Waals surface area contributed by atoms with E-state index in [1.54, 1.807) is 0 Å². The van der Waals surface area contributed by atoms with Gasteiger partial charge in [0.2, 0.25) is 0 Å². The van der Waals surface area contributed by atoms with Crippen LogP contribution in [0.25, 0.3) is 0 Å². The third-order valence-corrected chi connectivity index (χ3v) is 5.11. The fourth-order valence-corrected chi connectivity index (χ4v) is 3.57. The van der Waals surface area contributed by atoms with Crippen LogP contribution in [0.5, 0.6) is 0 Å². The highest BCUT2D eigenvalue weighted by Gasteiger charge is 2.34. The lowest BCUT2D eigenvalue weighted by molar-refractivity contribution is 0.150. The largest absolute Gasteiger partial charge is 0.412 e. The van der Waals surface area contributed by atoms with Crippen molar-refractivity contribution >= 4 is 48.9 Å². The molecule has 0 aromatic heterocycles. The Labute approximate surface area is 181 Å². The molecule has 0 saturated carbocycles. The van der Waals surface area contributed by atoms with Gasteiger partial charge in [-0.05, 0) is 32.5 Å². The Hall–Kier alpha value is -0.760. The van der Waals surface area contributed by atoms with Gasteiger partial charge in [-0.3, -0.25) is 5.41 Å². The molecule has 1 atom stereocenters. The zero-order chi connectivity index (χ0) is 16.2. The standard InChI is InChI=1S/C18H29N5.3ClH.H2O/c1-3-22-15-17(9-10-21-13-11-20(2)12-14-21)23(18(22)19)16-7-5-4-6-8-16;;;;/h4-8,17,19H,3,9-15H2,1-2H3;3*1H;1H2. The van der Waals surface area contributed by atoms with Crippen molar-refractivity contribution in [2.24, 2.45) is 0 Å². The number of hydrogen-bond acceptors (Lipinski definition) is 3. The Kier molecular flexibility index (Phi) is 14.1. The third-order valence-electron chi connectivity index (χ3n) is 5.11. The average Bonchev–Trinajstić information content (AvgIpc) is 2.91. The van der Waals surface area contributed by atoms with Gasteiger partial charge in [0.1, 0.15) is 0 Å². The lowest BCUT2D eigenvalue weighted by Gasteiger charge is -2.33. The molecule has 0 radical (unpaired) electrons. The third kappa shape index (κ3) is 6.97. The Morgan fingerprint density at radius 1 is 1.00 bits per heavy atom. The van der Waals surface area contributed by atoms with E-state index >= 15 is 0 Å². The number of likely N-dealkylation sites (N-methyl/N-ethyl adjacent to an activating group) is 2. The van der Waals surface area contributed by atoms with Crippen LogP contribution >= 0.6 is 37.2 Å². The van der Waals surface area contributed by atoms with Gasteiger partial charge in [0.25, 0.3) is 0 Å². The number of guanidine groups is 1. The van der Waals surface area contributed by atoms with E-state index in [-0.39, 0.29) is 42.7 Å². The Morgan fingerprint density at radius 3 is 2.15 bits per heavy atom. The van der Waals surface area contributed by atoms with E-state index in [4.69, 9.17) is 5.41 Å². The Morgan fingerprint density at radius 2 is 1.59 bits per heavy atom. The van der Waals surface area contributed by atoms with Crippen molar-refractivity contribution in [1.82, 2.24) is 14.7 Å². The normalized spacial score (nSPS) is 20.2. The maximum atomic E-state index is 8.51. The molecule has 3 rings (SSSR count). The van der Waals surface area contributed by atoms with Gasteiger partial charge in [-0.1, -0.05) is 18.2 Å². The van der Waals surface area contributed by atoms with Crippen LogP contribution in [0.3, 0.4) is 0 Å². The van der Waals surface area contributed by atoms with Gasteiger partial charge in [0.15, 0.2) is 5.96 Å². The van der Waals surface area contributed by atoms with Crippen molar-refractivity contribution in [2.45, 2.75) is 19.4 Å². The second-order valence-corrected chi connectivity index (χ2v) is 6.66. The zero-order valence-electron chi connectivity index (χ0n) is 16.1. The minimum Gasteiger partial charge on any atom is -0.412 e. The molecule has 0 aliphatic carbocycles. The zero-order valence-corrected chi connectivity index (χ0v) is 18.6. The van der Waals surface area contributed by atoms with Gasteiger partial charge < -0.3 is 25.1 Å². The number of benzene rings is 1. The summed E-state index contributed by atoms with van der Waals surface area (Å²) in [5.41, 5.74) is 1.15. The van der Waals surface area contributed by atoms with Crippen LogP contribution in [-0.4, -0.2) is 85.0 Å². The molecule has 1 aromatic carbocycles. The second kappa shape index (κ2) is 13.4. The number of piperazine rings is 1. The molecular weight excluding hydrogens is 409 g/mol. The number of nitrogens with zero attached hydrogens (tertiary/aromatic N) is 4. The summed E-state index contributed by atoms with van der Waals surface area (Å²) in [5, 5.41) is 8.51. The smallest absolute Gasteiger partial charge is 0.198 e. The molecule has 2 heterocycles. The number of nitrogens with one attached hydrogen (secondary N) is 1. The number of hydrogen-bond donors (Lipinski definition) is 1. The topological polar surface area (TPSA) is 68.3 Å². The van der Waals surface area contributed by atoms with E-state index in [0.717, 1.165) is 31.7 Å². The minimum absolute atomic E-state index is 0. The number of anilines is 1. The molecular formula is C18H34Cl3N5O. The second-order valence-electron chi connectivity index (χ2n) is 6.66. The highest BCUT2D eigenvalue weighted by molar-refractivity contribution is 5.96.